The SMILES string of the molecule is COc1c(Br)cc(C)c(C)c1CO. The first-order chi connectivity index (χ1) is 6.11. The van der Waals surface area contributed by atoms with Gasteiger partial charge in [0.05, 0.1) is 18.2 Å². The zero-order valence-corrected chi connectivity index (χ0v) is 9.60. The summed E-state index contributed by atoms with van der Waals surface area (Å²) in [4.78, 5) is 0. The van der Waals surface area contributed by atoms with E-state index in [-0.39, 0.29) is 6.61 Å². The minimum atomic E-state index is 0.00921. The Kier molecular flexibility index (Phi) is 3.33. The van der Waals surface area contributed by atoms with E-state index < -0.39 is 0 Å². The molecule has 0 saturated carbocycles. The van der Waals surface area contributed by atoms with Crippen molar-refractivity contribution in [2.24, 2.45) is 0 Å². The summed E-state index contributed by atoms with van der Waals surface area (Å²) in [7, 11) is 1.61. The van der Waals surface area contributed by atoms with Gasteiger partial charge in [-0.25, -0.2) is 0 Å². The van der Waals surface area contributed by atoms with Gasteiger partial charge in [-0.2, -0.15) is 0 Å². The zero-order valence-electron chi connectivity index (χ0n) is 8.02. The van der Waals surface area contributed by atoms with Gasteiger partial charge in [-0.15, -0.1) is 0 Å². The smallest absolute Gasteiger partial charge is 0.138 e. The Balaban J connectivity index is 3.41. The molecule has 0 amide bonds. The molecule has 1 N–H and O–H groups in total. The number of aliphatic hydroxyl groups excluding tert-OH is 1. The van der Waals surface area contributed by atoms with Crippen molar-refractivity contribution < 1.29 is 9.84 Å². The van der Waals surface area contributed by atoms with E-state index in [1.54, 1.807) is 7.11 Å². The molecular weight excluding hydrogens is 232 g/mol. The number of hydrogen-bond acceptors (Lipinski definition) is 2. The van der Waals surface area contributed by atoms with Crippen molar-refractivity contribution in [3.63, 3.8) is 0 Å². The van der Waals surface area contributed by atoms with Crippen LogP contribution < -0.4 is 4.74 Å². The second-order valence-corrected chi connectivity index (χ2v) is 3.82. The van der Waals surface area contributed by atoms with Gasteiger partial charge in [0.2, 0.25) is 0 Å². The molecule has 0 radical (unpaired) electrons. The molecule has 0 aliphatic heterocycles. The molecule has 1 aromatic carbocycles. The van der Waals surface area contributed by atoms with E-state index in [1.165, 1.54) is 0 Å². The van der Waals surface area contributed by atoms with Crippen LogP contribution in [0, 0.1) is 13.8 Å². The summed E-state index contributed by atoms with van der Waals surface area (Å²) >= 11 is 3.40. The average molecular weight is 245 g/mol. The molecule has 0 aromatic heterocycles. The lowest BCUT2D eigenvalue weighted by Gasteiger charge is -2.13. The first-order valence-electron chi connectivity index (χ1n) is 4.05. The van der Waals surface area contributed by atoms with Crippen LogP contribution >= 0.6 is 15.9 Å². The number of halogens is 1. The quantitative estimate of drug-likeness (QED) is 0.867. The van der Waals surface area contributed by atoms with Crippen LogP contribution in [-0.4, -0.2) is 12.2 Å². The number of rotatable bonds is 2. The van der Waals surface area contributed by atoms with Crippen LogP contribution in [-0.2, 0) is 6.61 Å². The van der Waals surface area contributed by atoms with E-state index in [9.17, 15) is 5.11 Å². The summed E-state index contributed by atoms with van der Waals surface area (Å²) < 4.78 is 6.09. The molecule has 0 bridgehead atoms. The largest absolute Gasteiger partial charge is 0.495 e. The zero-order chi connectivity index (χ0) is 10.0. The molecule has 0 aliphatic carbocycles. The third-order valence-electron chi connectivity index (χ3n) is 2.24. The van der Waals surface area contributed by atoms with Crippen LogP contribution in [0.25, 0.3) is 0 Å². The third kappa shape index (κ3) is 1.86. The van der Waals surface area contributed by atoms with Gasteiger partial charge in [0, 0.05) is 5.56 Å². The van der Waals surface area contributed by atoms with Crippen LogP contribution in [0.4, 0.5) is 0 Å². The van der Waals surface area contributed by atoms with Crippen molar-refractivity contribution in [2.75, 3.05) is 7.11 Å². The van der Waals surface area contributed by atoms with Crippen molar-refractivity contribution in [3.05, 3.63) is 27.2 Å². The van der Waals surface area contributed by atoms with Gasteiger partial charge in [-0.1, -0.05) is 0 Å². The Hall–Kier alpha value is -0.540. The van der Waals surface area contributed by atoms with Crippen molar-refractivity contribution in [1.29, 1.82) is 0 Å². The van der Waals surface area contributed by atoms with E-state index >= 15 is 0 Å². The maximum Gasteiger partial charge on any atom is 0.138 e. The summed E-state index contributed by atoms with van der Waals surface area (Å²) in [6, 6.07) is 1.99. The molecule has 0 heterocycles. The summed E-state index contributed by atoms with van der Waals surface area (Å²) in [6.07, 6.45) is 0. The normalized spacial score (nSPS) is 10.2. The monoisotopic (exact) mass is 244 g/mol. The summed E-state index contributed by atoms with van der Waals surface area (Å²) in [6.45, 7) is 4.00. The average Bonchev–Trinajstić information content (AvgIpc) is 2.10. The van der Waals surface area contributed by atoms with Gasteiger partial charge < -0.3 is 9.84 Å². The number of aliphatic hydroxyl groups is 1. The topological polar surface area (TPSA) is 29.5 Å². The molecule has 0 aliphatic rings. The molecule has 3 heteroatoms. The van der Waals surface area contributed by atoms with Crippen LogP contribution in [0.3, 0.4) is 0 Å². The fourth-order valence-electron chi connectivity index (χ4n) is 1.33. The van der Waals surface area contributed by atoms with E-state index in [0.717, 1.165) is 26.9 Å². The Labute approximate surface area is 86.7 Å². The minimum Gasteiger partial charge on any atom is -0.495 e. The molecule has 1 aromatic rings. The molecule has 0 fully saturated rings. The number of benzene rings is 1. The fraction of sp³-hybridized carbons (Fsp3) is 0.400. The highest BCUT2D eigenvalue weighted by Gasteiger charge is 2.11. The van der Waals surface area contributed by atoms with Crippen LogP contribution in [0.5, 0.6) is 5.75 Å². The number of hydrogen-bond donors (Lipinski definition) is 1. The van der Waals surface area contributed by atoms with Gasteiger partial charge in [-0.05, 0) is 47.0 Å². The highest BCUT2D eigenvalue weighted by molar-refractivity contribution is 9.10. The van der Waals surface area contributed by atoms with Gasteiger partial charge in [0.15, 0.2) is 0 Å². The molecule has 13 heavy (non-hydrogen) atoms. The van der Waals surface area contributed by atoms with Crippen LogP contribution in [0.1, 0.15) is 16.7 Å². The number of aryl methyl sites for hydroxylation is 1. The Morgan fingerprint density at radius 3 is 2.54 bits per heavy atom. The maximum absolute atomic E-state index is 9.18. The van der Waals surface area contributed by atoms with Crippen molar-refractivity contribution in [2.45, 2.75) is 20.5 Å². The predicted molar refractivity (Wildman–Crippen MR) is 56.1 cm³/mol. The molecule has 1 rings (SSSR count). The van der Waals surface area contributed by atoms with E-state index in [2.05, 4.69) is 15.9 Å². The molecule has 2 nitrogen and oxygen atoms in total. The molecule has 0 spiro atoms. The maximum atomic E-state index is 9.18. The van der Waals surface area contributed by atoms with Crippen LogP contribution in [0.2, 0.25) is 0 Å². The second kappa shape index (κ2) is 4.11. The molecular formula is C10H13BrO2. The predicted octanol–water partition coefficient (Wildman–Crippen LogP) is 2.57. The first kappa shape index (κ1) is 10.5. The number of methoxy groups -OCH3 is 1. The summed E-state index contributed by atoms with van der Waals surface area (Å²) in [5, 5.41) is 9.18. The summed E-state index contributed by atoms with van der Waals surface area (Å²) in [5.41, 5.74) is 3.09. The van der Waals surface area contributed by atoms with E-state index in [0.29, 0.717) is 0 Å². The van der Waals surface area contributed by atoms with E-state index in [4.69, 9.17) is 4.74 Å². The summed E-state index contributed by atoms with van der Waals surface area (Å²) in [5.74, 6) is 0.727. The Morgan fingerprint density at radius 1 is 1.46 bits per heavy atom. The van der Waals surface area contributed by atoms with Gasteiger partial charge in [0.25, 0.3) is 0 Å². The second-order valence-electron chi connectivity index (χ2n) is 2.97. The molecule has 72 valence electrons. The highest BCUT2D eigenvalue weighted by Crippen LogP contribution is 2.33. The van der Waals surface area contributed by atoms with Crippen molar-refractivity contribution in [1.82, 2.24) is 0 Å². The van der Waals surface area contributed by atoms with Gasteiger partial charge >= 0.3 is 0 Å². The molecule has 0 unspecified atom stereocenters. The van der Waals surface area contributed by atoms with Crippen LogP contribution in [0.15, 0.2) is 10.5 Å². The van der Waals surface area contributed by atoms with Crippen molar-refractivity contribution in [3.8, 4) is 5.75 Å². The minimum absolute atomic E-state index is 0.00921. The van der Waals surface area contributed by atoms with Crippen molar-refractivity contribution >= 4 is 15.9 Å². The third-order valence-corrected chi connectivity index (χ3v) is 2.83. The lowest BCUT2D eigenvalue weighted by molar-refractivity contribution is 0.272. The lowest BCUT2D eigenvalue weighted by atomic mass is 10.0. The van der Waals surface area contributed by atoms with Gasteiger partial charge in [-0.3, -0.25) is 0 Å². The van der Waals surface area contributed by atoms with Gasteiger partial charge in [0.1, 0.15) is 5.75 Å². The van der Waals surface area contributed by atoms with E-state index in [1.807, 2.05) is 19.9 Å². The molecule has 0 atom stereocenters. The Morgan fingerprint density at radius 2 is 2.08 bits per heavy atom. The standard InChI is InChI=1S/C10H13BrO2/c1-6-4-9(11)10(13-3)8(5-12)7(6)2/h4,12H,5H2,1-3H3. The number of ether oxygens (including phenoxy) is 1. The lowest BCUT2D eigenvalue weighted by Crippen LogP contribution is -1.98. The first-order valence-corrected chi connectivity index (χ1v) is 4.84. The highest BCUT2D eigenvalue weighted by atomic mass is 79.9. The Bertz CT molecular complexity index is 321. The molecule has 0 saturated heterocycles. The fourth-order valence-corrected chi connectivity index (χ4v) is 2.07.